The van der Waals surface area contributed by atoms with Crippen molar-refractivity contribution >= 4 is 17.4 Å². The molecule has 1 saturated heterocycles. The smallest absolute Gasteiger partial charge is 0.129 e. The summed E-state index contributed by atoms with van der Waals surface area (Å²) in [6.45, 7) is 2.01. The summed E-state index contributed by atoms with van der Waals surface area (Å²) in [7, 11) is 0. The van der Waals surface area contributed by atoms with E-state index in [9.17, 15) is 0 Å². The van der Waals surface area contributed by atoms with Gasteiger partial charge in [-0.1, -0.05) is 11.6 Å². The van der Waals surface area contributed by atoms with Crippen LogP contribution >= 0.6 is 11.6 Å². The Morgan fingerprint density at radius 3 is 2.67 bits per heavy atom. The summed E-state index contributed by atoms with van der Waals surface area (Å²) in [5.74, 6) is 0.933. The number of pyridine rings is 1. The molecule has 1 aliphatic rings. The van der Waals surface area contributed by atoms with Crippen LogP contribution in [0.25, 0.3) is 0 Å². The van der Waals surface area contributed by atoms with Gasteiger partial charge in [0.05, 0.1) is 17.3 Å². The lowest BCUT2D eigenvalue weighted by molar-refractivity contribution is 0.277. The fourth-order valence-corrected chi connectivity index (χ4v) is 2.05. The lowest BCUT2D eigenvalue weighted by Gasteiger charge is -2.28. The molecule has 1 aromatic heterocycles. The van der Waals surface area contributed by atoms with Crippen molar-refractivity contribution in [2.45, 2.75) is 25.9 Å². The van der Waals surface area contributed by atoms with E-state index < -0.39 is 0 Å². The second kappa shape index (κ2) is 4.81. The van der Waals surface area contributed by atoms with Gasteiger partial charge in [-0.05, 0) is 31.4 Å². The van der Waals surface area contributed by atoms with Crippen molar-refractivity contribution in [3.63, 3.8) is 0 Å². The number of aliphatic hydroxyl groups excluding tert-OH is 1. The molecule has 1 fully saturated rings. The third-order valence-corrected chi connectivity index (χ3v) is 3.08. The summed E-state index contributed by atoms with van der Waals surface area (Å²) in [5.41, 5.74) is 0.569. The highest BCUT2D eigenvalue weighted by atomic mass is 35.5. The minimum Gasteiger partial charge on any atom is -0.390 e. The molecule has 0 atom stereocenters. The molecular weight excluding hydrogens is 212 g/mol. The van der Waals surface area contributed by atoms with E-state index in [0.29, 0.717) is 10.7 Å². The summed E-state index contributed by atoms with van der Waals surface area (Å²) >= 11 is 5.89. The molecular formula is C11H15ClN2O. The molecule has 0 bridgehead atoms. The molecule has 0 aromatic carbocycles. The number of aromatic nitrogens is 1. The topological polar surface area (TPSA) is 36.4 Å². The van der Waals surface area contributed by atoms with Crippen LogP contribution in [0.3, 0.4) is 0 Å². The molecule has 0 spiro atoms. The van der Waals surface area contributed by atoms with Gasteiger partial charge in [-0.25, -0.2) is 4.98 Å². The van der Waals surface area contributed by atoms with Crippen LogP contribution in [0, 0.1) is 0 Å². The first-order valence-corrected chi connectivity index (χ1v) is 5.70. The fourth-order valence-electron chi connectivity index (χ4n) is 1.88. The molecule has 0 unspecified atom stereocenters. The molecule has 3 nitrogen and oxygen atoms in total. The Hall–Kier alpha value is -0.800. The van der Waals surface area contributed by atoms with Crippen LogP contribution in [0.1, 0.15) is 25.0 Å². The lowest BCUT2D eigenvalue weighted by Crippen LogP contribution is -2.30. The Labute approximate surface area is 94.7 Å². The molecule has 4 heteroatoms. The number of aliphatic hydroxyl groups is 1. The first-order chi connectivity index (χ1) is 7.31. The quantitative estimate of drug-likeness (QED) is 0.840. The summed E-state index contributed by atoms with van der Waals surface area (Å²) in [6.07, 6.45) is 3.74. The van der Waals surface area contributed by atoms with Gasteiger partial charge in [0.25, 0.3) is 0 Å². The number of anilines is 1. The first-order valence-electron chi connectivity index (χ1n) is 5.32. The van der Waals surface area contributed by atoms with Crippen molar-refractivity contribution in [3.8, 4) is 0 Å². The van der Waals surface area contributed by atoms with Gasteiger partial charge in [0.1, 0.15) is 5.82 Å². The van der Waals surface area contributed by atoms with Crippen LogP contribution in [0.5, 0.6) is 0 Å². The van der Waals surface area contributed by atoms with Gasteiger partial charge in [0.15, 0.2) is 0 Å². The Bertz CT molecular complexity index is 337. The largest absolute Gasteiger partial charge is 0.390 e. The molecule has 0 saturated carbocycles. The molecule has 2 rings (SSSR count). The minimum absolute atomic E-state index is 0.0967. The van der Waals surface area contributed by atoms with Crippen molar-refractivity contribution in [2.24, 2.45) is 0 Å². The number of piperidine rings is 1. The van der Waals surface area contributed by atoms with Crippen molar-refractivity contribution in [3.05, 3.63) is 22.8 Å². The summed E-state index contributed by atoms with van der Waals surface area (Å²) < 4.78 is 0. The maximum atomic E-state index is 9.08. The summed E-state index contributed by atoms with van der Waals surface area (Å²) in [5, 5.41) is 9.62. The summed E-state index contributed by atoms with van der Waals surface area (Å²) in [4.78, 5) is 6.61. The Balaban J connectivity index is 2.20. The monoisotopic (exact) mass is 226 g/mol. The molecule has 0 radical (unpaired) electrons. The van der Waals surface area contributed by atoms with E-state index in [1.54, 1.807) is 0 Å². The van der Waals surface area contributed by atoms with Gasteiger partial charge in [0.2, 0.25) is 0 Å². The molecule has 82 valence electrons. The molecule has 0 amide bonds. The van der Waals surface area contributed by atoms with E-state index in [1.807, 2.05) is 12.1 Å². The molecule has 2 heterocycles. The van der Waals surface area contributed by atoms with E-state index in [0.717, 1.165) is 18.9 Å². The van der Waals surface area contributed by atoms with Gasteiger partial charge < -0.3 is 10.0 Å². The van der Waals surface area contributed by atoms with Crippen molar-refractivity contribution < 1.29 is 5.11 Å². The number of rotatable bonds is 2. The van der Waals surface area contributed by atoms with Gasteiger partial charge in [-0.15, -0.1) is 0 Å². The zero-order valence-electron chi connectivity index (χ0n) is 8.62. The van der Waals surface area contributed by atoms with Crippen LogP contribution in [0.2, 0.25) is 5.02 Å². The SMILES string of the molecule is OCc1nc(N2CCCCC2)ccc1Cl. The molecule has 1 aromatic rings. The highest BCUT2D eigenvalue weighted by Crippen LogP contribution is 2.21. The van der Waals surface area contributed by atoms with Crippen LogP contribution in [0.15, 0.2) is 12.1 Å². The second-order valence-electron chi connectivity index (χ2n) is 3.80. The van der Waals surface area contributed by atoms with E-state index in [-0.39, 0.29) is 6.61 Å². The van der Waals surface area contributed by atoms with Crippen LogP contribution in [0.4, 0.5) is 5.82 Å². The average molecular weight is 227 g/mol. The highest BCUT2D eigenvalue weighted by molar-refractivity contribution is 6.31. The van der Waals surface area contributed by atoms with E-state index >= 15 is 0 Å². The number of hydrogen-bond donors (Lipinski definition) is 1. The zero-order valence-corrected chi connectivity index (χ0v) is 9.37. The Kier molecular flexibility index (Phi) is 3.44. The van der Waals surface area contributed by atoms with Gasteiger partial charge in [-0.3, -0.25) is 0 Å². The lowest BCUT2D eigenvalue weighted by atomic mass is 10.1. The first kappa shape index (κ1) is 10.7. The standard InChI is InChI=1S/C11H15ClN2O/c12-9-4-5-11(13-10(9)8-15)14-6-2-1-3-7-14/h4-5,15H,1-3,6-8H2. The number of halogens is 1. The highest BCUT2D eigenvalue weighted by Gasteiger charge is 2.13. The zero-order chi connectivity index (χ0) is 10.7. The van der Waals surface area contributed by atoms with Crippen molar-refractivity contribution in [1.29, 1.82) is 0 Å². The van der Waals surface area contributed by atoms with Crippen molar-refractivity contribution in [1.82, 2.24) is 4.98 Å². The van der Waals surface area contributed by atoms with Crippen LogP contribution in [-0.2, 0) is 6.61 Å². The minimum atomic E-state index is -0.0967. The van der Waals surface area contributed by atoms with E-state index in [4.69, 9.17) is 16.7 Å². The van der Waals surface area contributed by atoms with Crippen LogP contribution in [-0.4, -0.2) is 23.2 Å². The van der Waals surface area contributed by atoms with E-state index in [2.05, 4.69) is 9.88 Å². The van der Waals surface area contributed by atoms with Crippen molar-refractivity contribution in [2.75, 3.05) is 18.0 Å². The predicted molar refractivity (Wildman–Crippen MR) is 61.2 cm³/mol. The number of nitrogens with zero attached hydrogens (tertiary/aromatic N) is 2. The van der Waals surface area contributed by atoms with Crippen LogP contribution < -0.4 is 4.90 Å². The maximum absolute atomic E-state index is 9.08. The second-order valence-corrected chi connectivity index (χ2v) is 4.21. The maximum Gasteiger partial charge on any atom is 0.129 e. The van der Waals surface area contributed by atoms with Gasteiger partial charge >= 0.3 is 0 Å². The molecule has 0 aliphatic carbocycles. The molecule has 15 heavy (non-hydrogen) atoms. The molecule has 1 N–H and O–H groups in total. The normalized spacial score (nSPS) is 16.8. The fraction of sp³-hybridized carbons (Fsp3) is 0.545. The Morgan fingerprint density at radius 2 is 2.00 bits per heavy atom. The molecule has 1 aliphatic heterocycles. The predicted octanol–water partition coefficient (Wildman–Crippen LogP) is 2.22. The van der Waals surface area contributed by atoms with E-state index in [1.165, 1.54) is 19.3 Å². The third-order valence-electron chi connectivity index (χ3n) is 2.73. The summed E-state index contributed by atoms with van der Waals surface area (Å²) in [6, 6.07) is 3.73. The van der Waals surface area contributed by atoms with Gasteiger partial charge in [0, 0.05) is 13.1 Å². The average Bonchev–Trinajstić information content (AvgIpc) is 2.31. The Morgan fingerprint density at radius 1 is 1.27 bits per heavy atom. The third kappa shape index (κ3) is 2.41. The number of hydrogen-bond acceptors (Lipinski definition) is 3. The van der Waals surface area contributed by atoms with Gasteiger partial charge in [-0.2, -0.15) is 0 Å².